The van der Waals surface area contributed by atoms with Crippen LogP contribution in [0.25, 0.3) is 0 Å². The molecule has 0 atom stereocenters. The zero-order valence-corrected chi connectivity index (χ0v) is 14.6. The van der Waals surface area contributed by atoms with Crippen LogP contribution in [0.5, 0.6) is 0 Å². The molecule has 1 heterocycles. The van der Waals surface area contributed by atoms with E-state index in [1.807, 2.05) is 0 Å². The highest BCUT2D eigenvalue weighted by atomic mass is 28.4. The lowest BCUT2D eigenvalue weighted by molar-refractivity contribution is 0.506. The summed E-state index contributed by atoms with van der Waals surface area (Å²) in [7, 11) is 3.45. The summed E-state index contributed by atoms with van der Waals surface area (Å²) in [6.45, 7) is 13.8. The molecule has 1 saturated heterocycles. The number of rotatable bonds is 4. The molecule has 0 unspecified atom stereocenters. The molecule has 88 valence electrons. The third-order valence-corrected chi connectivity index (χ3v) is 9.09. The van der Waals surface area contributed by atoms with E-state index in [2.05, 4.69) is 44.6 Å². The molecule has 4 nitrogen and oxygen atoms in total. The number of nitrogens with zero attached hydrogens (tertiary/aromatic N) is 4. The molecule has 0 aliphatic carbocycles. The van der Waals surface area contributed by atoms with Crippen molar-refractivity contribution in [2.24, 2.45) is 0 Å². The Balaban J connectivity index is 2.61. The van der Waals surface area contributed by atoms with Crippen LogP contribution in [0, 0.1) is 0 Å². The maximum Gasteiger partial charge on any atom is 0.237 e. The quantitative estimate of drug-likeness (QED) is 0.641. The van der Waals surface area contributed by atoms with Gasteiger partial charge < -0.3 is 16.9 Å². The number of hydrogen-bond donors (Lipinski definition) is 0. The van der Waals surface area contributed by atoms with Gasteiger partial charge in [-0.25, -0.2) is 0 Å². The van der Waals surface area contributed by atoms with E-state index in [-0.39, 0.29) is 0 Å². The lowest BCUT2D eigenvalue weighted by Crippen LogP contribution is -2.60. The summed E-state index contributed by atoms with van der Waals surface area (Å²) in [6, 6.07) is 0. The average molecular weight is 285 g/mol. The lowest BCUT2D eigenvalue weighted by Gasteiger charge is -2.37. The van der Waals surface area contributed by atoms with E-state index in [0.29, 0.717) is 0 Å². The van der Waals surface area contributed by atoms with Gasteiger partial charge in [0.15, 0.2) is 0 Å². The Hall–Kier alpha value is 0.708. The van der Waals surface area contributed by atoms with Crippen LogP contribution in [0.4, 0.5) is 0 Å². The van der Waals surface area contributed by atoms with E-state index < -0.39 is 0 Å². The van der Waals surface area contributed by atoms with Crippen molar-refractivity contribution in [3.8, 4) is 0 Å². The van der Waals surface area contributed by atoms with Crippen molar-refractivity contribution in [3.63, 3.8) is 0 Å². The van der Waals surface area contributed by atoms with Gasteiger partial charge in [0.25, 0.3) is 0 Å². The first-order chi connectivity index (χ1) is 7.73. The highest BCUT2D eigenvalue weighted by Gasteiger charge is 2.24. The van der Waals surface area contributed by atoms with Gasteiger partial charge in [-0.05, 0) is 26.2 Å². The molecule has 0 aromatic heterocycles. The topological polar surface area (TPSA) is 13.0 Å². The van der Waals surface area contributed by atoms with E-state index >= 15 is 0 Å². The molecule has 16 heavy (non-hydrogen) atoms. The van der Waals surface area contributed by atoms with Gasteiger partial charge in [0, 0.05) is 0 Å². The number of hydrogen-bond acceptors (Lipinski definition) is 4. The van der Waals surface area contributed by atoms with Gasteiger partial charge in [-0.1, -0.05) is 27.7 Å². The second-order valence-electron chi connectivity index (χ2n) is 3.38. The molecule has 0 bridgehead atoms. The summed E-state index contributed by atoms with van der Waals surface area (Å²) in [4.78, 5) is 0. The van der Waals surface area contributed by atoms with Crippen molar-refractivity contribution in [1.82, 2.24) is 16.9 Å². The van der Waals surface area contributed by atoms with E-state index in [1.165, 1.54) is 26.2 Å². The van der Waals surface area contributed by atoms with Crippen molar-refractivity contribution in [2.75, 3.05) is 26.2 Å². The minimum Gasteiger partial charge on any atom is -0.323 e. The van der Waals surface area contributed by atoms with Gasteiger partial charge >= 0.3 is 0 Å². The van der Waals surface area contributed by atoms with Crippen LogP contribution in [-0.2, 0) is 0 Å². The van der Waals surface area contributed by atoms with Crippen LogP contribution >= 0.6 is 0 Å². The van der Waals surface area contributed by atoms with Gasteiger partial charge in [0.05, 0.1) is 0 Å². The normalized spacial score (nSPS) is 23.2. The van der Waals surface area contributed by atoms with Crippen molar-refractivity contribution in [3.05, 3.63) is 0 Å². The third kappa shape index (κ3) is 4.53. The van der Waals surface area contributed by atoms with E-state index in [1.54, 1.807) is 0 Å². The summed E-state index contributed by atoms with van der Waals surface area (Å²) >= 11 is 0. The van der Waals surface area contributed by atoms with Crippen LogP contribution in [-0.4, -0.2) is 82.5 Å². The molecular weight excluding hydrogens is 264 g/mol. The van der Waals surface area contributed by atoms with Crippen LogP contribution < -0.4 is 0 Å². The molecule has 1 rings (SSSR count). The molecule has 0 spiro atoms. The zero-order chi connectivity index (χ0) is 12.0. The van der Waals surface area contributed by atoms with Crippen LogP contribution in [0.15, 0.2) is 0 Å². The molecule has 1 aliphatic rings. The Kier molecular flexibility index (Phi) is 7.31. The summed E-state index contributed by atoms with van der Waals surface area (Å²) in [5.74, 6) is 0. The fourth-order valence-electron chi connectivity index (χ4n) is 1.24. The van der Waals surface area contributed by atoms with Gasteiger partial charge in [-0.15, -0.1) is 0 Å². The summed E-state index contributed by atoms with van der Waals surface area (Å²) in [5.41, 5.74) is 0. The minimum atomic E-state index is 0.863. The predicted octanol–water partition coefficient (Wildman–Crippen LogP) is -0.576. The Labute approximate surface area is 110 Å². The zero-order valence-electron chi connectivity index (χ0n) is 10.6. The van der Waals surface area contributed by atoms with E-state index in [0.717, 1.165) is 39.4 Å². The molecular formula is C8H20N4Si4. The molecule has 1 aliphatic heterocycles. The Morgan fingerprint density at radius 2 is 0.688 bits per heavy atom. The van der Waals surface area contributed by atoms with Crippen molar-refractivity contribution < 1.29 is 0 Å². The fraction of sp³-hybridized carbons (Fsp3) is 1.00. The van der Waals surface area contributed by atoms with E-state index in [9.17, 15) is 0 Å². The smallest absolute Gasteiger partial charge is 0.237 e. The molecule has 0 aromatic rings. The van der Waals surface area contributed by atoms with Crippen molar-refractivity contribution in [1.29, 1.82) is 0 Å². The summed E-state index contributed by atoms with van der Waals surface area (Å²) in [6.07, 6.45) is 0. The minimum absolute atomic E-state index is 0.863. The molecule has 8 heteroatoms. The first-order valence-corrected chi connectivity index (χ1v) is 9.46. The second kappa shape index (κ2) is 7.92. The third-order valence-electron chi connectivity index (χ3n) is 2.23. The highest BCUT2D eigenvalue weighted by Crippen LogP contribution is 1.99. The SMILES string of the molecule is CCN1[Si]N(CC)[Si]N(CC)[Si]N(CC)[Si]1. The molecule has 0 amide bonds. The Morgan fingerprint density at radius 3 is 0.812 bits per heavy atom. The maximum absolute atomic E-state index is 2.58. The van der Waals surface area contributed by atoms with Crippen LogP contribution in [0.1, 0.15) is 27.7 Å². The van der Waals surface area contributed by atoms with Crippen molar-refractivity contribution >= 4 is 39.4 Å². The van der Waals surface area contributed by atoms with Gasteiger partial charge in [-0.3, -0.25) is 0 Å². The van der Waals surface area contributed by atoms with Crippen molar-refractivity contribution in [2.45, 2.75) is 27.7 Å². The first kappa shape index (κ1) is 14.8. The van der Waals surface area contributed by atoms with E-state index in [4.69, 9.17) is 0 Å². The lowest BCUT2D eigenvalue weighted by atomic mass is 10.8. The maximum atomic E-state index is 2.58. The largest absolute Gasteiger partial charge is 0.323 e. The van der Waals surface area contributed by atoms with Gasteiger partial charge in [0.2, 0.25) is 39.4 Å². The second-order valence-corrected chi connectivity index (χ2v) is 10.3. The monoisotopic (exact) mass is 284 g/mol. The van der Waals surface area contributed by atoms with Gasteiger partial charge in [0.1, 0.15) is 0 Å². The first-order valence-electron chi connectivity index (χ1n) is 5.88. The molecule has 0 aromatic carbocycles. The molecule has 1 fully saturated rings. The standard InChI is InChI=1S/C8H20N4Si4/c1-5-9-13-10(6-2)15-12(8-4)16-11(7-3)14-9/h5-8H2,1-4H3. The fourth-order valence-corrected chi connectivity index (χ4v) is 8.35. The average Bonchev–Trinajstić information content (AvgIpc) is 2.29. The van der Waals surface area contributed by atoms with Crippen LogP contribution in [0.3, 0.4) is 0 Å². The van der Waals surface area contributed by atoms with Gasteiger partial charge in [-0.2, -0.15) is 0 Å². The highest BCUT2D eigenvalue weighted by molar-refractivity contribution is 6.64. The molecule has 8 radical (unpaired) electrons. The summed E-state index contributed by atoms with van der Waals surface area (Å²) < 4.78 is 10.3. The van der Waals surface area contributed by atoms with Crippen LogP contribution in [0.2, 0.25) is 0 Å². The summed E-state index contributed by atoms with van der Waals surface area (Å²) in [5, 5.41) is 0. The molecule has 0 saturated carbocycles. The molecule has 0 N–H and O–H groups in total. The Morgan fingerprint density at radius 1 is 0.500 bits per heavy atom. The predicted molar refractivity (Wildman–Crippen MR) is 72.5 cm³/mol. The Bertz CT molecular complexity index is 149.